The molecule has 0 radical (unpaired) electrons. The first-order valence-electron chi connectivity index (χ1n) is 8.71. The lowest BCUT2D eigenvalue weighted by molar-refractivity contribution is 0.322. The predicted molar refractivity (Wildman–Crippen MR) is 90.8 cm³/mol. The molecule has 4 heteroatoms. The monoisotopic (exact) mass is 311 g/mol. The van der Waals surface area contributed by atoms with E-state index in [4.69, 9.17) is 4.74 Å². The molecule has 1 aromatic carbocycles. The number of methoxy groups -OCH3 is 1. The Hall–Kier alpha value is -1.81. The molecular weight excluding hydrogens is 286 g/mol. The van der Waals surface area contributed by atoms with Crippen molar-refractivity contribution in [2.45, 2.75) is 44.7 Å². The second-order valence-electron chi connectivity index (χ2n) is 6.88. The summed E-state index contributed by atoms with van der Waals surface area (Å²) in [6.45, 7) is 2.22. The molecule has 0 spiro atoms. The summed E-state index contributed by atoms with van der Waals surface area (Å²) in [5.41, 5.74) is 2.94. The summed E-state index contributed by atoms with van der Waals surface area (Å²) in [6, 6.07) is 7.11. The van der Waals surface area contributed by atoms with Crippen LogP contribution in [0.3, 0.4) is 0 Å². The molecule has 0 unspecified atom stereocenters. The highest BCUT2D eigenvalue weighted by Crippen LogP contribution is 2.26. The van der Waals surface area contributed by atoms with Crippen LogP contribution in [0.25, 0.3) is 0 Å². The van der Waals surface area contributed by atoms with Crippen LogP contribution >= 0.6 is 0 Å². The minimum atomic E-state index is 0.596. The van der Waals surface area contributed by atoms with E-state index in [-0.39, 0.29) is 0 Å². The summed E-state index contributed by atoms with van der Waals surface area (Å²) in [6.07, 6.45) is 9.94. The van der Waals surface area contributed by atoms with Gasteiger partial charge >= 0.3 is 0 Å². The third kappa shape index (κ3) is 3.13. The average Bonchev–Trinajstić information content (AvgIpc) is 3.07. The molecule has 0 fully saturated rings. The number of aryl methyl sites for hydroxylation is 2. The highest BCUT2D eigenvalue weighted by molar-refractivity contribution is 5.37. The number of rotatable bonds is 4. The van der Waals surface area contributed by atoms with Crippen LogP contribution in [0.2, 0.25) is 0 Å². The third-order valence-corrected chi connectivity index (χ3v) is 5.37. The fourth-order valence-corrected chi connectivity index (χ4v) is 3.97. The molecule has 2 atom stereocenters. The standard InChI is InChI=1S/C19H25N3O/c1-23-18-6-4-15-3-5-17(10-16(15)11-18)21-12-14-2-7-19-20-8-9-22(19)13-14/h4,6,8-9,11,14,17,21H,2-3,5,7,10,12-13H2,1H3/t14-,17-/m1/s1. The lowest BCUT2D eigenvalue weighted by Crippen LogP contribution is -2.39. The first kappa shape index (κ1) is 14.8. The van der Waals surface area contributed by atoms with Crippen LogP contribution in [-0.4, -0.2) is 29.2 Å². The fraction of sp³-hybridized carbons (Fsp3) is 0.526. The van der Waals surface area contributed by atoms with E-state index in [2.05, 4.69) is 39.3 Å². The molecule has 0 saturated carbocycles. The maximum atomic E-state index is 5.37. The highest BCUT2D eigenvalue weighted by atomic mass is 16.5. The molecule has 2 aromatic rings. The Balaban J connectivity index is 1.34. The minimum absolute atomic E-state index is 0.596. The van der Waals surface area contributed by atoms with Gasteiger partial charge in [0.1, 0.15) is 11.6 Å². The van der Waals surface area contributed by atoms with Gasteiger partial charge in [0.2, 0.25) is 0 Å². The van der Waals surface area contributed by atoms with E-state index >= 15 is 0 Å². The number of nitrogens with zero attached hydrogens (tertiary/aromatic N) is 2. The molecule has 23 heavy (non-hydrogen) atoms. The van der Waals surface area contributed by atoms with Gasteiger partial charge in [-0.15, -0.1) is 0 Å². The molecule has 1 aliphatic carbocycles. The smallest absolute Gasteiger partial charge is 0.119 e. The molecule has 4 rings (SSSR count). The van der Waals surface area contributed by atoms with Crippen molar-refractivity contribution in [2.24, 2.45) is 5.92 Å². The van der Waals surface area contributed by atoms with Gasteiger partial charge in [-0.1, -0.05) is 6.07 Å². The largest absolute Gasteiger partial charge is 0.497 e. The second-order valence-corrected chi connectivity index (χ2v) is 6.88. The molecule has 122 valence electrons. The zero-order chi connectivity index (χ0) is 15.6. The summed E-state index contributed by atoms with van der Waals surface area (Å²) in [5.74, 6) is 2.95. The van der Waals surface area contributed by atoms with Crippen LogP contribution in [0, 0.1) is 5.92 Å². The SMILES string of the molecule is COc1ccc2c(c1)C[C@H](NC[C@H]1CCc3nccn3C1)CC2. The molecule has 1 aromatic heterocycles. The predicted octanol–water partition coefficient (Wildman–Crippen LogP) is 2.60. The van der Waals surface area contributed by atoms with Crippen LogP contribution in [-0.2, 0) is 25.8 Å². The van der Waals surface area contributed by atoms with Gasteiger partial charge in [0.05, 0.1) is 7.11 Å². The van der Waals surface area contributed by atoms with E-state index in [1.807, 2.05) is 6.20 Å². The number of aromatic nitrogens is 2. The van der Waals surface area contributed by atoms with Gasteiger partial charge in [-0.05, 0) is 61.4 Å². The van der Waals surface area contributed by atoms with Gasteiger partial charge in [0, 0.05) is 31.4 Å². The number of ether oxygens (including phenoxy) is 1. The number of nitrogens with one attached hydrogen (secondary N) is 1. The lowest BCUT2D eigenvalue weighted by atomic mass is 9.87. The van der Waals surface area contributed by atoms with Crippen molar-refractivity contribution in [3.8, 4) is 5.75 Å². The third-order valence-electron chi connectivity index (χ3n) is 5.37. The molecule has 0 saturated heterocycles. The van der Waals surface area contributed by atoms with Gasteiger partial charge in [0.25, 0.3) is 0 Å². The van der Waals surface area contributed by atoms with Gasteiger partial charge in [0.15, 0.2) is 0 Å². The second kappa shape index (κ2) is 6.36. The van der Waals surface area contributed by atoms with Crippen molar-refractivity contribution in [3.63, 3.8) is 0 Å². The number of benzene rings is 1. The lowest BCUT2D eigenvalue weighted by Gasteiger charge is -2.29. The molecule has 2 aliphatic rings. The molecule has 1 aliphatic heterocycles. The Morgan fingerprint density at radius 1 is 1.26 bits per heavy atom. The first-order valence-corrected chi connectivity index (χ1v) is 8.71. The van der Waals surface area contributed by atoms with E-state index < -0.39 is 0 Å². The molecule has 2 heterocycles. The van der Waals surface area contributed by atoms with Crippen molar-refractivity contribution in [1.82, 2.24) is 14.9 Å². The molecule has 0 bridgehead atoms. The van der Waals surface area contributed by atoms with E-state index in [0.29, 0.717) is 6.04 Å². The van der Waals surface area contributed by atoms with Crippen LogP contribution in [0.15, 0.2) is 30.6 Å². The van der Waals surface area contributed by atoms with Gasteiger partial charge in [-0.25, -0.2) is 4.98 Å². The topological polar surface area (TPSA) is 39.1 Å². The normalized spacial score (nSPS) is 23.2. The Morgan fingerprint density at radius 3 is 3.13 bits per heavy atom. The number of fused-ring (bicyclic) bond motifs is 2. The molecule has 0 amide bonds. The number of hydrogen-bond donors (Lipinski definition) is 1. The average molecular weight is 311 g/mol. The van der Waals surface area contributed by atoms with Gasteiger partial charge in [-0.2, -0.15) is 0 Å². The first-order chi connectivity index (χ1) is 11.3. The Morgan fingerprint density at radius 2 is 2.22 bits per heavy atom. The van der Waals surface area contributed by atoms with Crippen LogP contribution in [0.4, 0.5) is 0 Å². The molecular formula is C19H25N3O. The van der Waals surface area contributed by atoms with Gasteiger partial charge in [-0.3, -0.25) is 0 Å². The highest BCUT2D eigenvalue weighted by Gasteiger charge is 2.22. The van der Waals surface area contributed by atoms with Crippen LogP contribution in [0.5, 0.6) is 5.75 Å². The number of imidazole rings is 1. The Labute approximate surface area is 137 Å². The van der Waals surface area contributed by atoms with Gasteiger partial charge < -0.3 is 14.6 Å². The zero-order valence-corrected chi connectivity index (χ0v) is 13.8. The minimum Gasteiger partial charge on any atom is -0.497 e. The van der Waals surface area contributed by atoms with Crippen LogP contribution in [0.1, 0.15) is 29.8 Å². The van der Waals surface area contributed by atoms with Crippen LogP contribution < -0.4 is 10.1 Å². The fourth-order valence-electron chi connectivity index (χ4n) is 3.97. The van der Waals surface area contributed by atoms with E-state index in [9.17, 15) is 0 Å². The van der Waals surface area contributed by atoms with E-state index in [1.54, 1.807) is 7.11 Å². The van der Waals surface area contributed by atoms with E-state index in [0.717, 1.165) is 37.6 Å². The van der Waals surface area contributed by atoms with Crippen molar-refractivity contribution in [2.75, 3.05) is 13.7 Å². The Kier molecular flexibility index (Phi) is 4.08. The quantitative estimate of drug-likeness (QED) is 0.943. The molecule has 1 N–H and O–H groups in total. The summed E-state index contributed by atoms with van der Waals surface area (Å²) < 4.78 is 7.68. The van der Waals surface area contributed by atoms with Crippen molar-refractivity contribution in [1.29, 1.82) is 0 Å². The maximum Gasteiger partial charge on any atom is 0.119 e. The summed E-state index contributed by atoms with van der Waals surface area (Å²) in [5, 5.41) is 3.82. The van der Waals surface area contributed by atoms with E-state index in [1.165, 1.54) is 36.2 Å². The van der Waals surface area contributed by atoms with Crippen molar-refractivity contribution >= 4 is 0 Å². The number of hydrogen-bond acceptors (Lipinski definition) is 3. The van der Waals surface area contributed by atoms with Crippen molar-refractivity contribution in [3.05, 3.63) is 47.5 Å². The summed E-state index contributed by atoms with van der Waals surface area (Å²) in [7, 11) is 1.74. The summed E-state index contributed by atoms with van der Waals surface area (Å²) >= 11 is 0. The zero-order valence-electron chi connectivity index (χ0n) is 13.8. The Bertz CT molecular complexity index is 679. The summed E-state index contributed by atoms with van der Waals surface area (Å²) in [4.78, 5) is 4.41. The molecule has 4 nitrogen and oxygen atoms in total. The van der Waals surface area contributed by atoms with Crippen molar-refractivity contribution < 1.29 is 4.74 Å². The maximum absolute atomic E-state index is 5.37.